The highest BCUT2D eigenvalue weighted by Crippen LogP contribution is 2.35. The van der Waals surface area contributed by atoms with Crippen LogP contribution in [0.1, 0.15) is 19.3 Å². The molecule has 0 unspecified atom stereocenters. The average Bonchev–Trinajstić information content (AvgIpc) is 2.66. The number of hydrogen-bond acceptors (Lipinski definition) is 3. The first-order valence-corrected chi connectivity index (χ1v) is 6.16. The third kappa shape index (κ3) is 2.67. The van der Waals surface area contributed by atoms with Crippen molar-refractivity contribution in [1.82, 2.24) is 0 Å². The van der Waals surface area contributed by atoms with Crippen molar-refractivity contribution in [2.75, 3.05) is 7.11 Å². The second-order valence-electron chi connectivity index (χ2n) is 3.83. The standard InChI is InChI=1S/C12H16O2S/c1-14-9-5-7-10(8-6-9)15-12-4-2-3-11(12)13/h5-8,11-13H,2-4H2,1H3/t11-,12-/m0/s1. The fraction of sp³-hybridized carbons (Fsp3) is 0.500. The average molecular weight is 224 g/mol. The van der Waals surface area contributed by atoms with E-state index < -0.39 is 0 Å². The minimum atomic E-state index is -0.128. The lowest BCUT2D eigenvalue weighted by Crippen LogP contribution is -2.14. The molecule has 15 heavy (non-hydrogen) atoms. The molecule has 2 atom stereocenters. The highest BCUT2D eigenvalue weighted by molar-refractivity contribution is 8.00. The van der Waals surface area contributed by atoms with E-state index in [0.717, 1.165) is 25.0 Å². The minimum Gasteiger partial charge on any atom is -0.497 e. The quantitative estimate of drug-likeness (QED) is 0.856. The van der Waals surface area contributed by atoms with Gasteiger partial charge in [-0.15, -0.1) is 11.8 Å². The van der Waals surface area contributed by atoms with E-state index in [1.807, 2.05) is 12.1 Å². The molecular weight excluding hydrogens is 208 g/mol. The summed E-state index contributed by atoms with van der Waals surface area (Å²) < 4.78 is 5.10. The summed E-state index contributed by atoms with van der Waals surface area (Å²) in [5.74, 6) is 0.881. The van der Waals surface area contributed by atoms with Crippen molar-refractivity contribution >= 4 is 11.8 Å². The second kappa shape index (κ2) is 4.90. The molecule has 0 spiro atoms. The van der Waals surface area contributed by atoms with E-state index in [9.17, 15) is 5.11 Å². The molecule has 1 fully saturated rings. The molecule has 1 aromatic carbocycles. The van der Waals surface area contributed by atoms with Gasteiger partial charge in [0.25, 0.3) is 0 Å². The number of aliphatic hydroxyl groups excluding tert-OH is 1. The smallest absolute Gasteiger partial charge is 0.118 e. The van der Waals surface area contributed by atoms with Gasteiger partial charge in [-0.1, -0.05) is 0 Å². The van der Waals surface area contributed by atoms with Gasteiger partial charge in [0.15, 0.2) is 0 Å². The normalized spacial score (nSPS) is 25.5. The molecule has 0 radical (unpaired) electrons. The van der Waals surface area contributed by atoms with Crippen LogP contribution in [-0.4, -0.2) is 23.6 Å². The van der Waals surface area contributed by atoms with Gasteiger partial charge in [0.05, 0.1) is 13.2 Å². The molecule has 0 heterocycles. The van der Waals surface area contributed by atoms with Crippen molar-refractivity contribution in [3.8, 4) is 5.75 Å². The van der Waals surface area contributed by atoms with E-state index in [4.69, 9.17) is 4.74 Å². The zero-order valence-electron chi connectivity index (χ0n) is 8.85. The predicted octanol–water partition coefficient (Wildman–Crippen LogP) is 2.70. The summed E-state index contributed by atoms with van der Waals surface area (Å²) >= 11 is 1.77. The van der Waals surface area contributed by atoms with Gasteiger partial charge in [-0.25, -0.2) is 0 Å². The van der Waals surface area contributed by atoms with E-state index >= 15 is 0 Å². The Morgan fingerprint density at radius 1 is 1.27 bits per heavy atom. The Labute approximate surface area is 94.6 Å². The second-order valence-corrected chi connectivity index (χ2v) is 5.14. The van der Waals surface area contributed by atoms with Crippen LogP contribution in [0.2, 0.25) is 0 Å². The number of benzene rings is 1. The summed E-state index contributed by atoms with van der Waals surface area (Å²) in [6.45, 7) is 0. The predicted molar refractivity (Wildman–Crippen MR) is 62.5 cm³/mol. The summed E-state index contributed by atoms with van der Waals surface area (Å²) in [5, 5.41) is 10.1. The Balaban J connectivity index is 1.98. The summed E-state index contributed by atoms with van der Waals surface area (Å²) in [4.78, 5) is 1.21. The molecule has 2 nitrogen and oxygen atoms in total. The molecule has 0 bridgehead atoms. The van der Waals surface area contributed by atoms with Crippen LogP contribution in [0, 0.1) is 0 Å². The maximum Gasteiger partial charge on any atom is 0.118 e. The molecule has 0 aliphatic heterocycles. The number of ether oxygens (including phenoxy) is 1. The highest BCUT2D eigenvalue weighted by Gasteiger charge is 2.25. The Morgan fingerprint density at radius 2 is 2.00 bits per heavy atom. The molecule has 82 valence electrons. The zero-order chi connectivity index (χ0) is 10.7. The van der Waals surface area contributed by atoms with Crippen molar-refractivity contribution < 1.29 is 9.84 Å². The number of thioether (sulfide) groups is 1. The van der Waals surface area contributed by atoms with Gasteiger partial charge in [-0.2, -0.15) is 0 Å². The van der Waals surface area contributed by atoms with E-state index in [2.05, 4.69) is 12.1 Å². The SMILES string of the molecule is COc1ccc(S[C@H]2CCC[C@@H]2O)cc1. The number of aliphatic hydroxyl groups is 1. The molecule has 1 aromatic rings. The number of hydrogen-bond donors (Lipinski definition) is 1. The summed E-state index contributed by atoms with van der Waals surface area (Å²) in [6, 6.07) is 8.02. The van der Waals surface area contributed by atoms with Gasteiger partial charge in [-0.3, -0.25) is 0 Å². The van der Waals surface area contributed by atoms with Crippen LogP contribution in [0.5, 0.6) is 5.75 Å². The monoisotopic (exact) mass is 224 g/mol. The largest absolute Gasteiger partial charge is 0.497 e. The van der Waals surface area contributed by atoms with Gasteiger partial charge in [0, 0.05) is 10.1 Å². The van der Waals surface area contributed by atoms with Crippen LogP contribution >= 0.6 is 11.8 Å². The van der Waals surface area contributed by atoms with Gasteiger partial charge in [0.2, 0.25) is 0 Å². The van der Waals surface area contributed by atoms with Crippen LogP contribution in [0.25, 0.3) is 0 Å². The topological polar surface area (TPSA) is 29.5 Å². The zero-order valence-corrected chi connectivity index (χ0v) is 9.67. The van der Waals surface area contributed by atoms with Crippen LogP contribution in [0.3, 0.4) is 0 Å². The third-order valence-electron chi connectivity index (χ3n) is 2.76. The first-order valence-electron chi connectivity index (χ1n) is 5.28. The molecular formula is C12H16O2S. The third-order valence-corrected chi connectivity index (χ3v) is 4.16. The first kappa shape index (κ1) is 10.8. The molecule has 0 saturated heterocycles. The molecule has 0 aromatic heterocycles. The first-order chi connectivity index (χ1) is 7.29. The van der Waals surface area contributed by atoms with Crippen LogP contribution < -0.4 is 4.74 Å². The van der Waals surface area contributed by atoms with Gasteiger partial charge in [0.1, 0.15) is 5.75 Å². The molecule has 2 rings (SSSR count). The van der Waals surface area contributed by atoms with E-state index in [1.54, 1.807) is 18.9 Å². The molecule has 1 aliphatic carbocycles. The van der Waals surface area contributed by atoms with Gasteiger partial charge in [-0.05, 0) is 43.5 Å². The van der Waals surface area contributed by atoms with Gasteiger partial charge >= 0.3 is 0 Å². The number of methoxy groups -OCH3 is 1. The van der Waals surface area contributed by atoms with E-state index in [0.29, 0.717) is 5.25 Å². The van der Waals surface area contributed by atoms with Crippen molar-refractivity contribution in [3.05, 3.63) is 24.3 Å². The van der Waals surface area contributed by atoms with Crippen LogP contribution in [-0.2, 0) is 0 Å². The lowest BCUT2D eigenvalue weighted by molar-refractivity contribution is 0.188. The molecule has 1 aliphatic rings. The van der Waals surface area contributed by atoms with Crippen molar-refractivity contribution in [1.29, 1.82) is 0 Å². The molecule has 1 N–H and O–H groups in total. The lowest BCUT2D eigenvalue weighted by atomic mass is 10.3. The van der Waals surface area contributed by atoms with Crippen molar-refractivity contribution in [2.45, 2.75) is 35.5 Å². The van der Waals surface area contributed by atoms with Crippen molar-refractivity contribution in [3.63, 3.8) is 0 Å². The Kier molecular flexibility index (Phi) is 3.54. The molecule has 0 amide bonds. The van der Waals surface area contributed by atoms with E-state index in [-0.39, 0.29) is 6.10 Å². The Hall–Kier alpha value is -0.670. The summed E-state index contributed by atoms with van der Waals surface area (Å²) in [7, 11) is 1.67. The minimum absolute atomic E-state index is 0.128. The van der Waals surface area contributed by atoms with Crippen molar-refractivity contribution in [2.24, 2.45) is 0 Å². The fourth-order valence-corrected chi connectivity index (χ4v) is 3.09. The Morgan fingerprint density at radius 3 is 2.53 bits per heavy atom. The highest BCUT2D eigenvalue weighted by atomic mass is 32.2. The maximum atomic E-state index is 9.71. The Bertz CT molecular complexity index is 310. The van der Waals surface area contributed by atoms with Crippen LogP contribution in [0.4, 0.5) is 0 Å². The van der Waals surface area contributed by atoms with Crippen LogP contribution in [0.15, 0.2) is 29.2 Å². The lowest BCUT2D eigenvalue weighted by Gasteiger charge is -2.13. The van der Waals surface area contributed by atoms with Gasteiger partial charge < -0.3 is 9.84 Å². The summed E-state index contributed by atoms with van der Waals surface area (Å²) in [5.41, 5.74) is 0. The molecule has 3 heteroatoms. The summed E-state index contributed by atoms with van der Waals surface area (Å²) in [6.07, 6.45) is 3.10. The number of rotatable bonds is 3. The maximum absolute atomic E-state index is 9.71. The van der Waals surface area contributed by atoms with E-state index in [1.165, 1.54) is 4.90 Å². The molecule has 1 saturated carbocycles. The fourth-order valence-electron chi connectivity index (χ4n) is 1.87.